The highest BCUT2D eigenvalue weighted by Crippen LogP contribution is 2.11. The Kier molecular flexibility index (Phi) is 5.31. The molecule has 0 unspecified atom stereocenters. The maximum Gasteiger partial charge on any atom is 0.304 e. The number of carbonyl (C=O) groups is 1. The number of carboxylic acid groups (broad SMARTS) is 1. The first-order valence-electron chi connectivity index (χ1n) is 5.25. The van der Waals surface area contributed by atoms with Crippen LogP contribution in [-0.4, -0.2) is 31.6 Å². The van der Waals surface area contributed by atoms with Gasteiger partial charge in [0, 0.05) is 12.3 Å². The van der Waals surface area contributed by atoms with Gasteiger partial charge in [0.05, 0.1) is 12.2 Å². The van der Waals surface area contributed by atoms with Gasteiger partial charge in [-0.05, 0) is 5.92 Å². The minimum atomic E-state index is -0.754. The van der Waals surface area contributed by atoms with E-state index in [2.05, 4.69) is 23.9 Å². The van der Waals surface area contributed by atoms with Crippen LogP contribution in [0.5, 0.6) is 0 Å². The fourth-order valence-electron chi connectivity index (χ4n) is 1.22. The molecule has 5 nitrogen and oxygen atoms in total. The highest BCUT2D eigenvalue weighted by atomic mass is 32.2. The van der Waals surface area contributed by atoms with Crippen LogP contribution < -0.4 is 0 Å². The number of carboxylic acids is 1. The molecule has 0 aliphatic rings. The van der Waals surface area contributed by atoms with Crippen molar-refractivity contribution in [3.63, 3.8) is 0 Å². The molecule has 0 aliphatic heterocycles. The molecule has 6 heteroatoms. The van der Waals surface area contributed by atoms with Gasteiger partial charge >= 0.3 is 5.97 Å². The lowest BCUT2D eigenvalue weighted by molar-refractivity contribution is -0.136. The summed E-state index contributed by atoms with van der Waals surface area (Å²) >= 11 is 1.58. The molecule has 0 bridgehead atoms. The first-order chi connectivity index (χ1) is 7.59. The first kappa shape index (κ1) is 13.0. The number of aromatic nitrogens is 3. The van der Waals surface area contributed by atoms with Gasteiger partial charge in [-0.15, -0.1) is 0 Å². The van der Waals surface area contributed by atoms with Crippen LogP contribution in [0.2, 0.25) is 0 Å². The zero-order valence-electron chi connectivity index (χ0n) is 9.59. The van der Waals surface area contributed by atoms with E-state index in [1.54, 1.807) is 18.1 Å². The first-order valence-corrected chi connectivity index (χ1v) is 6.41. The summed E-state index contributed by atoms with van der Waals surface area (Å²) in [6, 6.07) is 0. The summed E-state index contributed by atoms with van der Waals surface area (Å²) in [6.45, 7) is 5.11. The lowest BCUT2D eigenvalue weighted by atomic mass is 10.2. The molecule has 16 heavy (non-hydrogen) atoms. The van der Waals surface area contributed by atoms with Crippen molar-refractivity contribution in [1.29, 1.82) is 0 Å². The SMILES string of the molecule is CC(C)Cn1ncnc1CSCCC(=O)O. The number of hydrogen-bond acceptors (Lipinski definition) is 4. The number of thioether (sulfide) groups is 1. The topological polar surface area (TPSA) is 68.0 Å². The highest BCUT2D eigenvalue weighted by Gasteiger charge is 2.06. The van der Waals surface area contributed by atoms with E-state index in [-0.39, 0.29) is 6.42 Å². The Hall–Kier alpha value is -1.04. The molecule has 1 rings (SSSR count). The van der Waals surface area contributed by atoms with E-state index in [1.807, 2.05) is 4.68 Å². The van der Waals surface area contributed by atoms with E-state index in [0.717, 1.165) is 18.1 Å². The summed E-state index contributed by atoms with van der Waals surface area (Å²) in [5.41, 5.74) is 0. The average molecular weight is 243 g/mol. The fourth-order valence-corrected chi connectivity index (χ4v) is 2.09. The molecule has 0 radical (unpaired) electrons. The van der Waals surface area contributed by atoms with E-state index in [0.29, 0.717) is 11.7 Å². The second kappa shape index (κ2) is 6.52. The summed E-state index contributed by atoms with van der Waals surface area (Å²) < 4.78 is 1.89. The number of nitrogens with zero attached hydrogens (tertiary/aromatic N) is 3. The lowest BCUT2D eigenvalue weighted by Crippen LogP contribution is -2.09. The molecule has 0 saturated carbocycles. The number of aliphatic carboxylic acids is 1. The third kappa shape index (κ3) is 4.65. The summed E-state index contributed by atoms with van der Waals surface area (Å²) in [5.74, 6) is 2.04. The van der Waals surface area contributed by atoms with E-state index >= 15 is 0 Å². The molecular weight excluding hydrogens is 226 g/mol. The van der Waals surface area contributed by atoms with E-state index in [9.17, 15) is 4.79 Å². The monoisotopic (exact) mass is 243 g/mol. The van der Waals surface area contributed by atoms with Gasteiger partial charge in [-0.1, -0.05) is 13.8 Å². The minimum Gasteiger partial charge on any atom is -0.481 e. The Labute approximate surface area is 99.3 Å². The zero-order valence-corrected chi connectivity index (χ0v) is 10.4. The molecule has 1 heterocycles. The molecule has 0 saturated heterocycles. The van der Waals surface area contributed by atoms with Crippen molar-refractivity contribution in [2.45, 2.75) is 32.6 Å². The summed E-state index contributed by atoms with van der Waals surface area (Å²) in [5, 5.41) is 12.6. The van der Waals surface area contributed by atoms with Crippen molar-refractivity contribution in [3.05, 3.63) is 12.2 Å². The normalized spacial score (nSPS) is 10.9. The zero-order chi connectivity index (χ0) is 12.0. The molecule has 0 spiro atoms. The molecular formula is C10H17N3O2S. The fraction of sp³-hybridized carbons (Fsp3) is 0.700. The van der Waals surface area contributed by atoms with E-state index in [4.69, 9.17) is 5.11 Å². The molecule has 1 aromatic rings. The van der Waals surface area contributed by atoms with E-state index < -0.39 is 5.97 Å². The molecule has 0 atom stereocenters. The predicted molar refractivity (Wildman–Crippen MR) is 63.3 cm³/mol. The maximum atomic E-state index is 10.3. The Morgan fingerprint density at radius 3 is 3.00 bits per heavy atom. The van der Waals surface area contributed by atoms with Crippen molar-refractivity contribution < 1.29 is 9.90 Å². The van der Waals surface area contributed by atoms with Gasteiger partial charge in [-0.3, -0.25) is 4.79 Å². The maximum absolute atomic E-state index is 10.3. The van der Waals surface area contributed by atoms with Gasteiger partial charge in [-0.2, -0.15) is 16.9 Å². The van der Waals surface area contributed by atoms with Crippen LogP contribution in [0.1, 0.15) is 26.1 Å². The second-order valence-electron chi connectivity index (χ2n) is 3.95. The lowest BCUT2D eigenvalue weighted by Gasteiger charge is -2.07. The summed E-state index contributed by atoms with van der Waals surface area (Å²) in [4.78, 5) is 14.5. The van der Waals surface area contributed by atoms with Gasteiger partial charge in [0.2, 0.25) is 0 Å². The number of rotatable bonds is 7. The van der Waals surface area contributed by atoms with E-state index in [1.165, 1.54) is 0 Å². The summed E-state index contributed by atoms with van der Waals surface area (Å²) in [7, 11) is 0. The van der Waals surface area contributed by atoms with Crippen molar-refractivity contribution in [3.8, 4) is 0 Å². The molecule has 0 aliphatic carbocycles. The average Bonchev–Trinajstić information content (AvgIpc) is 2.59. The molecule has 1 aromatic heterocycles. The third-order valence-electron chi connectivity index (χ3n) is 1.93. The Balaban J connectivity index is 2.35. The van der Waals surface area contributed by atoms with Crippen LogP contribution in [0.3, 0.4) is 0 Å². The van der Waals surface area contributed by atoms with Gasteiger partial charge < -0.3 is 5.11 Å². The Bertz CT molecular complexity index is 339. The molecule has 0 amide bonds. The molecule has 0 fully saturated rings. The van der Waals surface area contributed by atoms with Gasteiger partial charge in [-0.25, -0.2) is 9.67 Å². The molecule has 90 valence electrons. The van der Waals surface area contributed by atoms with Crippen LogP contribution in [-0.2, 0) is 17.1 Å². The highest BCUT2D eigenvalue weighted by molar-refractivity contribution is 7.98. The molecule has 1 N–H and O–H groups in total. The molecule has 0 aromatic carbocycles. The van der Waals surface area contributed by atoms with Crippen molar-refractivity contribution in [2.75, 3.05) is 5.75 Å². The quantitative estimate of drug-likeness (QED) is 0.737. The van der Waals surface area contributed by atoms with Gasteiger partial charge in [0.15, 0.2) is 0 Å². The van der Waals surface area contributed by atoms with Crippen molar-refractivity contribution >= 4 is 17.7 Å². The van der Waals surface area contributed by atoms with Gasteiger partial charge in [0.25, 0.3) is 0 Å². The number of hydrogen-bond donors (Lipinski definition) is 1. The largest absolute Gasteiger partial charge is 0.481 e. The van der Waals surface area contributed by atoms with Gasteiger partial charge in [0.1, 0.15) is 12.2 Å². The van der Waals surface area contributed by atoms with Crippen LogP contribution in [0.25, 0.3) is 0 Å². The Morgan fingerprint density at radius 2 is 2.38 bits per heavy atom. The summed E-state index contributed by atoms with van der Waals surface area (Å²) in [6.07, 6.45) is 1.75. The smallest absolute Gasteiger partial charge is 0.304 e. The predicted octanol–water partition coefficient (Wildman–Crippen LogP) is 1.64. The third-order valence-corrected chi connectivity index (χ3v) is 2.88. The Morgan fingerprint density at radius 1 is 1.62 bits per heavy atom. The van der Waals surface area contributed by atoms with Crippen LogP contribution >= 0.6 is 11.8 Å². The van der Waals surface area contributed by atoms with Crippen LogP contribution in [0.4, 0.5) is 0 Å². The van der Waals surface area contributed by atoms with Crippen LogP contribution in [0.15, 0.2) is 6.33 Å². The second-order valence-corrected chi connectivity index (χ2v) is 5.05. The van der Waals surface area contributed by atoms with Crippen molar-refractivity contribution in [1.82, 2.24) is 14.8 Å². The standard InChI is InChI=1S/C10H17N3O2S/c1-8(2)5-13-9(11-7-12-13)6-16-4-3-10(14)15/h7-8H,3-6H2,1-2H3,(H,14,15). The minimum absolute atomic E-state index is 0.197. The van der Waals surface area contributed by atoms with Crippen molar-refractivity contribution in [2.24, 2.45) is 5.92 Å². The van der Waals surface area contributed by atoms with Crippen LogP contribution in [0, 0.1) is 5.92 Å².